The Morgan fingerprint density at radius 3 is 2.22 bits per heavy atom. The van der Waals surface area contributed by atoms with Crippen molar-refractivity contribution >= 4 is 21.4 Å². The van der Waals surface area contributed by atoms with Gasteiger partial charge in [-0.1, -0.05) is 18.2 Å². The van der Waals surface area contributed by atoms with E-state index in [1.54, 1.807) is 42.6 Å². The molecule has 0 bridgehead atoms. The summed E-state index contributed by atoms with van der Waals surface area (Å²) in [6.45, 7) is 2.42. The molecule has 0 spiro atoms. The quantitative estimate of drug-likeness (QED) is 0.400. The van der Waals surface area contributed by atoms with Gasteiger partial charge in [0.2, 0.25) is 0 Å². The van der Waals surface area contributed by atoms with E-state index in [1.165, 1.54) is 0 Å². The topological polar surface area (TPSA) is 109 Å². The zero-order chi connectivity index (χ0) is 25.8. The van der Waals surface area contributed by atoms with Crippen LogP contribution < -0.4 is 0 Å². The van der Waals surface area contributed by atoms with Gasteiger partial charge in [-0.25, -0.2) is 8.42 Å². The van der Waals surface area contributed by atoms with Crippen LogP contribution in [0.3, 0.4) is 0 Å². The second kappa shape index (κ2) is 11.5. The fourth-order valence-corrected chi connectivity index (χ4v) is 6.69. The molecule has 9 heteroatoms. The molecule has 2 aliphatic heterocycles. The van der Waals surface area contributed by atoms with E-state index in [-0.39, 0.29) is 35.6 Å². The summed E-state index contributed by atoms with van der Waals surface area (Å²) in [5.41, 5.74) is 1.87. The first-order chi connectivity index (χ1) is 17.9. The third-order valence-corrected chi connectivity index (χ3v) is 9.72. The normalized spacial score (nSPS) is 20.1. The molecule has 3 fully saturated rings. The number of nitrogens with zero attached hydrogens (tertiary/aromatic N) is 1. The lowest BCUT2D eigenvalue weighted by Crippen LogP contribution is -2.22. The first-order valence-electron chi connectivity index (χ1n) is 13.1. The molecule has 3 heterocycles. The van der Waals surface area contributed by atoms with Gasteiger partial charge >= 0.3 is 0 Å². The van der Waals surface area contributed by atoms with Crippen molar-refractivity contribution in [3.63, 3.8) is 0 Å². The van der Waals surface area contributed by atoms with Crippen molar-refractivity contribution in [2.45, 2.75) is 67.3 Å². The van der Waals surface area contributed by atoms with Gasteiger partial charge in [0.15, 0.2) is 21.9 Å². The number of benzene rings is 1. The highest BCUT2D eigenvalue weighted by molar-refractivity contribution is 7.92. The second-order valence-electron chi connectivity index (χ2n) is 10.1. The smallest absolute Gasteiger partial charge is 0.185 e. The number of sulfone groups is 1. The lowest BCUT2D eigenvalue weighted by Gasteiger charge is -2.26. The zero-order valence-electron chi connectivity index (χ0n) is 20.8. The van der Waals surface area contributed by atoms with E-state index in [9.17, 15) is 18.0 Å². The molecule has 0 N–H and O–H groups in total. The van der Waals surface area contributed by atoms with E-state index in [2.05, 4.69) is 4.98 Å². The minimum absolute atomic E-state index is 0.0120. The van der Waals surface area contributed by atoms with Crippen LogP contribution in [0.25, 0.3) is 0 Å². The highest BCUT2D eigenvalue weighted by atomic mass is 32.2. The molecule has 1 atom stereocenters. The van der Waals surface area contributed by atoms with Crippen molar-refractivity contribution < 1.29 is 32.2 Å². The van der Waals surface area contributed by atoms with E-state index < -0.39 is 16.1 Å². The molecular formula is C28H33NO7S. The summed E-state index contributed by atoms with van der Waals surface area (Å²) in [5, 5.41) is -0.273. The molecule has 1 aromatic heterocycles. The fourth-order valence-electron chi connectivity index (χ4n) is 5.03. The zero-order valence-corrected chi connectivity index (χ0v) is 21.7. The van der Waals surface area contributed by atoms with Crippen LogP contribution in [0.15, 0.2) is 47.5 Å². The van der Waals surface area contributed by atoms with Crippen molar-refractivity contribution in [1.82, 2.24) is 4.98 Å². The van der Waals surface area contributed by atoms with Crippen LogP contribution in [0.2, 0.25) is 0 Å². The van der Waals surface area contributed by atoms with Gasteiger partial charge in [-0.15, -0.1) is 0 Å². The lowest BCUT2D eigenvalue weighted by atomic mass is 9.81. The van der Waals surface area contributed by atoms with E-state index in [1.807, 2.05) is 0 Å². The molecule has 2 saturated heterocycles. The lowest BCUT2D eigenvalue weighted by molar-refractivity contribution is -0.121. The van der Waals surface area contributed by atoms with Gasteiger partial charge in [0.1, 0.15) is 11.5 Å². The van der Waals surface area contributed by atoms with Gasteiger partial charge in [0.05, 0.1) is 23.4 Å². The number of ketones is 2. The predicted molar refractivity (Wildman–Crippen MR) is 135 cm³/mol. The van der Waals surface area contributed by atoms with Crippen molar-refractivity contribution in [3.05, 3.63) is 59.4 Å². The summed E-state index contributed by atoms with van der Waals surface area (Å²) in [5.74, 6) is -0.242. The second-order valence-corrected chi connectivity index (χ2v) is 12.3. The molecule has 0 amide bonds. The molecule has 8 nitrogen and oxygen atoms in total. The monoisotopic (exact) mass is 527 g/mol. The third-order valence-electron chi connectivity index (χ3n) is 7.44. The molecular weight excluding hydrogens is 494 g/mol. The maximum absolute atomic E-state index is 13.4. The average molecular weight is 528 g/mol. The van der Waals surface area contributed by atoms with Gasteiger partial charge in [-0.2, -0.15) is 0 Å². The van der Waals surface area contributed by atoms with Crippen molar-refractivity contribution in [2.24, 2.45) is 5.92 Å². The highest BCUT2D eigenvalue weighted by Crippen LogP contribution is 2.36. The number of pyridine rings is 1. The number of aromatic nitrogens is 1. The summed E-state index contributed by atoms with van der Waals surface area (Å²) < 4.78 is 41.6. The van der Waals surface area contributed by atoms with Crippen LogP contribution in [-0.4, -0.2) is 56.6 Å². The van der Waals surface area contributed by atoms with Gasteiger partial charge in [0, 0.05) is 43.7 Å². The van der Waals surface area contributed by atoms with E-state index >= 15 is 0 Å². The minimum atomic E-state index is -3.29. The number of carbonyl (C=O) groups is 2. The average Bonchev–Trinajstić information content (AvgIpc) is 3.66. The standard InChI is InChI=1S/C28H33NO7S/c30-26(9-10-27(31)25-8-3-21(18-29-25)28-35-15-16-36-28)24(17-19-11-13-34-14-12-19)20-1-4-22(5-2-20)37(32,33)23-6-7-23/h1-5,8,18-19,23-24,28H,6-7,9-17H2. The minimum Gasteiger partial charge on any atom is -0.381 e. The molecule has 1 saturated carbocycles. The van der Waals surface area contributed by atoms with Crippen molar-refractivity contribution in [1.29, 1.82) is 0 Å². The molecule has 2 aromatic rings. The van der Waals surface area contributed by atoms with Crippen LogP contribution in [0, 0.1) is 5.92 Å². The fraction of sp³-hybridized carbons (Fsp3) is 0.536. The van der Waals surface area contributed by atoms with Gasteiger partial charge in [0.25, 0.3) is 0 Å². The summed E-state index contributed by atoms with van der Waals surface area (Å²) in [6.07, 6.45) is 5.17. The number of hydrogen-bond donors (Lipinski definition) is 0. The SMILES string of the molecule is O=C(CCC(=O)C(CC1CCOCC1)c1ccc(S(=O)(=O)C2CC2)cc1)c1ccc(C2OCCO2)cn1. The molecule has 1 aromatic carbocycles. The van der Waals surface area contributed by atoms with Gasteiger partial charge < -0.3 is 14.2 Å². The van der Waals surface area contributed by atoms with Crippen molar-refractivity contribution in [2.75, 3.05) is 26.4 Å². The largest absolute Gasteiger partial charge is 0.381 e. The maximum atomic E-state index is 13.4. The third kappa shape index (κ3) is 6.34. The Hall–Kier alpha value is -2.46. The Morgan fingerprint density at radius 1 is 0.892 bits per heavy atom. The van der Waals surface area contributed by atoms with Crippen LogP contribution in [0.1, 0.15) is 78.8 Å². The molecule has 3 aliphatic rings. The first kappa shape index (κ1) is 26.2. The number of ether oxygens (including phenoxy) is 3. The van der Waals surface area contributed by atoms with Crippen LogP contribution in [-0.2, 0) is 28.8 Å². The molecule has 5 rings (SSSR count). The number of rotatable bonds is 11. The first-order valence-corrected chi connectivity index (χ1v) is 14.6. The Kier molecular flexibility index (Phi) is 8.14. The number of carbonyl (C=O) groups excluding carboxylic acids is 2. The molecule has 198 valence electrons. The van der Waals surface area contributed by atoms with Crippen molar-refractivity contribution in [3.8, 4) is 0 Å². The molecule has 37 heavy (non-hydrogen) atoms. The molecule has 1 aliphatic carbocycles. The molecule has 0 radical (unpaired) electrons. The molecule has 1 unspecified atom stereocenters. The Bertz CT molecular complexity index is 1190. The van der Waals surface area contributed by atoms with Gasteiger partial charge in [-0.05, 0) is 61.8 Å². The Morgan fingerprint density at radius 2 is 1.59 bits per heavy atom. The summed E-state index contributed by atoms with van der Waals surface area (Å²) in [4.78, 5) is 30.8. The van der Waals surface area contributed by atoms with E-state index in [0.29, 0.717) is 62.2 Å². The predicted octanol–water partition coefficient (Wildman–Crippen LogP) is 4.20. The summed E-state index contributed by atoms with van der Waals surface area (Å²) >= 11 is 0. The van der Waals surface area contributed by atoms with E-state index in [0.717, 1.165) is 24.0 Å². The maximum Gasteiger partial charge on any atom is 0.185 e. The summed E-state index contributed by atoms with van der Waals surface area (Å²) in [6, 6.07) is 10.2. The number of hydrogen-bond acceptors (Lipinski definition) is 8. The highest BCUT2D eigenvalue weighted by Gasteiger charge is 2.37. The van der Waals surface area contributed by atoms with Crippen LogP contribution in [0.4, 0.5) is 0 Å². The van der Waals surface area contributed by atoms with Crippen LogP contribution in [0.5, 0.6) is 0 Å². The van der Waals surface area contributed by atoms with Gasteiger partial charge in [-0.3, -0.25) is 14.6 Å². The Balaban J connectivity index is 1.25. The van der Waals surface area contributed by atoms with E-state index in [4.69, 9.17) is 14.2 Å². The number of Topliss-reactive ketones (excluding diaryl/α,β-unsaturated/α-hetero) is 2. The Labute approximate surface area is 217 Å². The summed E-state index contributed by atoms with van der Waals surface area (Å²) in [7, 11) is -3.29. The van der Waals surface area contributed by atoms with Crippen LogP contribution >= 0.6 is 0 Å².